The van der Waals surface area contributed by atoms with Crippen molar-refractivity contribution >= 4 is 23.2 Å². The Morgan fingerprint density at radius 1 is 0.963 bits per heavy atom. The fourth-order valence-electron chi connectivity index (χ4n) is 2.90. The fraction of sp³-hybridized carbons (Fsp3) is 0.227. The molecule has 0 aliphatic carbocycles. The topological polar surface area (TPSA) is 58.1 Å². The van der Waals surface area contributed by atoms with Crippen LogP contribution in [0, 0.1) is 0 Å². The molecule has 0 aliphatic heterocycles. The third-order valence-electron chi connectivity index (χ3n) is 4.39. The van der Waals surface area contributed by atoms with Crippen LogP contribution < -0.4 is 10.2 Å². The molecular formula is C22H24N4O. The van der Waals surface area contributed by atoms with Crippen molar-refractivity contribution in [1.29, 1.82) is 0 Å². The van der Waals surface area contributed by atoms with Gasteiger partial charge in [0, 0.05) is 36.0 Å². The van der Waals surface area contributed by atoms with Crippen LogP contribution in [0.4, 0.5) is 17.5 Å². The van der Waals surface area contributed by atoms with E-state index in [4.69, 9.17) is 4.98 Å². The van der Waals surface area contributed by atoms with Crippen molar-refractivity contribution in [3.05, 3.63) is 66.2 Å². The smallest absolute Gasteiger partial charge is 0.229 e. The van der Waals surface area contributed by atoms with Gasteiger partial charge in [0.05, 0.1) is 5.69 Å². The second-order valence-corrected chi connectivity index (χ2v) is 6.24. The largest absolute Gasteiger partial charge is 0.357 e. The number of aromatic nitrogens is 2. The van der Waals surface area contributed by atoms with Crippen molar-refractivity contribution in [2.75, 3.05) is 23.3 Å². The number of hydrogen-bond donors (Lipinski definition) is 1. The number of ketones is 1. The quantitative estimate of drug-likeness (QED) is 0.605. The number of rotatable bonds is 7. The summed E-state index contributed by atoms with van der Waals surface area (Å²) in [6.07, 6.45) is 0. The van der Waals surface area contributed by atoms with Gasteiger partial charge in [0.1, 0.15) is 5.82 Å². The Bertz CT molecular complexity index is 921. The number of carbonyl (C=O) groups excluding carboxylic acids is 1. The number of carbonyl (C=O) groups is 1. The molecule has 1 heterocycles. The van der Waals surface area contributed by atoms with Gasteiger partial charge in [-0.15, -0.1) is 0 Å². The van der Waals surface area contributed by atoms with Gasteiger partial charge in [-0.3, -0.25) is 4.79 Å². The predicted molar refractivity (Wildman–Crippen MR) is 111 cm³/mol. The minimum atomic E-state index is 0.0291. The molecule has 1 N–H and O–H groups in total. The zero-order valence-electron chi connectivity index (χ0n) is 15.9. The van der Waals surface area contributed by atoms with Crippen molar-refractivity contribution < 1.29 is 4.79 Å². The lowest BCUT2D eigenvalue weighted by atomic mass is 10.1. The molecule has 0 saturated heterocycles. The number of nitrogens with one attached hydrogen (secondary N) is 1. The van der Waals surface area contributed by atoms with Crippen molar-refractivity contribution in [3.63, 3.8) is 0 Å². The van der Waals surface area contributed by atoms with E-state index in [1.807, 2.05) is 54.6 Å². The maximum Gasteiger partial charge on any atom is 0.229 e. The van der Waals surface area contributed by atoms with Gasteiger partial charge in [0.2, 0.25) is 5.95 Å². The summed E-state index contributed by atoms with van der Waals surface area (Å²) >= 11 is 0. The normalized spacial score (nSPS) is 10.5. The van der Waals surface area contributed by atoms with E-state index in [2.05, 4.69) is 29.0 Å². The molecule has 0 radical (unpaired) electrons. The van der Waals surface area contributed by atoms with Crippen LogP contribution in [-0.4, -0.2) is 28.8 Å². The highest BCUT2D eigenvalue weighted by Gasteiger charge is 2.11. The highest BCUT2D eigenvalue weighted by atomic mass is 16.1. The third kappa shape index (κ3) is 4.50. The number of benzene rings is 2. The molecular weight excluding hydrogens is 336 g/mol. The van der Waals surface area contributed by atoms with E-state index in [0.29, 0.717) is 11.5 Å². The Morgan fingerprint density at radius 3 is 2.37 bits per heavy atom. The molecule has 0 spiro atoms. The second-order valence-electron chi connectivity index (χ2n) is 6.24. The molecule has 0 fully saturated rings. The molecule has 3 aromatic rings. The van der Waals surface area contributed by atoms with Crippen molar-refractivity contribution in [3.8, 4) is 11.3 Å². The monoisotopic (exact) mass is 360 g/mol. The molecule has 0 bridgehead atoms. The first kappa shape index (κ1) is 18.6. The fourth-order valence-corrected chi connectivity index (χ4v) is 2.90. The van der Waals surface area contributed by atoms with Gasteiger partial charge >= 0.3 is 0 Å². The zero-order valence-corrected chi connectivity index (χ0v) is 15.9. The maximum atomic E-state index is 11.6. The first-order chi connectivity index (χ1) is 13.1. The highest BCUT2D eigenvalue weighted by Crippen LogP contribution is 2.25. The van der Waals surface area contributed by atoms with Gasteiger partial charge in [0.15, 0.2) is 5.78 Å². The number of Topliss-reactive ketones (excluding diaryl/α,β-unsaturated/α-hetero) is 1. The SMILES string of the molecule is CCN(CC)c1cc(-c2ccccc2)nc(Nc2cccc(C(C)=O)c2)n1. The highest BCUT2D eigenvalue weighted by molar-refractivity contribution is 5.95. The van der Waals surface area contributed by atoms with Crippen LogP contribution in [0.1, 0.15) is 31.1 Å². The average Bonchev–Trinajstić information content (AvgIpc) is 2.69. The first-order valence-corrected chi connectivity index (χ1v) is 9.18. The van der Waals surface area contributed by atoms with E-state index in [1.165, 1.54) is 0 Å². The van der Waals surface area contributed by atoms with Crippen LogP contribution >= 0.6 is 0 Å². The Labute approximate surface area is 160 Å². The lowest BCUT2D eigenvalue weighted by molar-refractivity contribution is 0.101. The molecule has 138 valence electrons. The van der Waals surface area contributed by atoms with Gasteiger partial charge in [0.25, 0.3) is 0 Å². The van der Waals surface area contributed by atoms with E-state index in [9.17, 15) is 4.79 Å². The summed E-state index contributed by atoms with van der Waals surface area (Å²) in [5.74, 6) is 1.42. The Balaban J connectivity index is 2.02. The summed E-state index contributed by atoms with van der Waals surface area (Å²) in [5.41, 5.74) is 3.34. The van der Waals surface area contributed by atoms with Crippen molar-refractivity contribution in [2.45, 2.75) is 20.8 Å². The lowest BCUT2D eigenvalue weighted by Gasteiger charge is -2.21. The van der Waals surface area contributed by atoms with Crippen LogP contribution in [0.25, 0.3) is 11.3 Å². The van der Waals surface area contributed by atoms with Gasteiger partial charge in [-0.25, -0.2) is 4.98 Å². The van der Waals surface area contributed by atoms with E-state index < -0.39 is 0 Å². The summed E-state index contributed by atoms with van der Waals surface area (Å²) in [6, 6.07) is 19.4. The molecule has 0 aliphatic rings. The van der Waals surface area contributed by atoms with E-state index in [1.54, 1.807) is 13.0 Å². The van der Waals surface area contributed by atoms with Gasteiger partial charge in [-0.05, 0) is 32.9 Å². The van der Waals surface area contributed by atoms with E-state index >= 15 is 0 Å². The van der Waals surface area contributed by atoms with Crippen LogP contribution in [0.2, 0.25) is 0 Å². The van der Waals surface area contributed by atoms with Gasteiger partial charge in [-0.2, -0.15) is 4.98 Å². The summed E-state index contributed by atoms with van der Waals surface area (Å²) < 4.78 is 0. The number of nitrogens with zero attached hydrogens (tertiary/aromatic N) is 3. The molecule has 3 rings (SSSR count). The second kappa shape index (κ2) is 8.45. The molecule has 0 atom stereocenters. The summed E-state index contributed by atoms with van der Waals surface area (Å²) in [7, 11) is 0. The number of anilines is 3. The molecule has 0 unspecified atom stereocenters. The van der Waals surface area contributed by atoms with Crippen LogP contribution in [0.3, 0.4) is 0 Å². The molecule has 1 aromatic heterocycles. The Hall–Kier alpha value is -3.21. The van der Waals surface area contributed by atoms with E-state index in [-0.39, 0.29) is 5.78 Å². The third-order valence-corrected chi connectivity index (χ3v) is 4.39. The Kier molecular flexibility index (Phi) is 5.81. The maximum absolute atomic E-state index is 11.6. The van der Waals surface area contributed by atoms with Crippen LogP contribution in [-0.2, 0) is 0 Å². The minimum absolute atomic E-state index is 0.0291. The van der Waals surface area contributed by atoms with Crippen LogP contribution in [0.15, 0.2) is 60.7 Å². The van der Waals surface area contributed by atoms with Gasteiger partial charge in [-0.1, -0.05) is 42.5 Å². The van der Waals surface area contributed by atoms with E-state index in [0.717, 1.165) is 35.9 Å². The molecule has 5 heteroatoms. The summed E-state index contributed by atoms with van der Waals surface area (Å²) in [4.78, 5) is 23.2. The number of hydrogen-bond acceptors (Lipinski definition) is 5. The predicted octanol–water partition coefficient (Wildman–Crippen LogP) is 4.94. The van der Waals surface area contributed by atoms with Gasteiger partial charge < -0.3 is 10.2 Å². The Morgan fingerprint density at radius 2 is 1.70 bits per heavy atom. The summed E-state index contributed by atoms with van der Waals surface area (Å²) in [5, 5.41) is 3.25. The standard InChI is InChI=1S/C22H24N4O/c1-4-26(5-2)21-15-20(17-10-7-6-8-11-17)24-22(25-21)23-19-13-9-12-18(14-19)16(3)27/h6-15H,4-5H2,1-3H3,(H,23,24,25). The van der Waals surface area contributed by atoms with Crippen LogP contribution in [0.5, 0.6) is 0 Å². The first-order valence-electron chi connectivity index (χ1n) is 9.18. The average molecular weight is 360 g/mol. The minimum Gasteiger partial charge on any atom is -0.357 e. The molecule has 2 aromatic carbocycles. The molecule has 27 heavy (non-hydrogen) atoms. The molecule has 5 nitrogen and oxygen atoms in total. The molecule has 0 amide bonds. The van der Waals surface area contributed by atoms with Crippen molar-refractivity contribution in [1.82, 2.24) is 9.97 Å². The summed E-state index contributed by atoms with van der Waals surface area (Å²) in [6.45, 7) is 7.50. The zero-order chi connectivity index (χ0) is 19.2. The lowest BCUT2D eigenvalue weighted by Crippen LogP contribution is -2.23. The van der Waals surface area contributed by atoms with Crippen molar-refractivity contribution in [2.24, 2.45) is 0 Å². The molecule has 0 saturated carbocycles.